The van der Waals surface area contributed by atoms with Crippen LogP contribution < -0.4 is 4.74 Å². The fraction of sp³-hybridized carbons (Fsp3) is 0.500. The Morgan fingerprint density at radius 1 is 1.50 bits per heavy atom. The Labute approximate surface area is 127 Å². The van der Waals surface area contributed by atoms with Crippen LogP contribution in [0.25, 0.3) is 0 Å². The lowest BCUT2D eigenvalue weighted by Gasteiger charge is -2.28. The maximum Gasteiger partial charge on any atom is 0.293 e. The van der Waals surface area contributed by atoms with Crippen LogP contribution in [0.1, 0.15) is 22.7 Å². The van der Waals surface area contributed by atoms with Crippen molar-refractivity contribution in [1.82, 2.24) is 19.8 Å². The molecule has 0 saturated heterocycles. The fourth-order valence-electron chi connectivity index (χ4n) is 2.63. The van der Waals surface area contributed by atoms with Gasteiger partial charge >= 0.3 is 0 Å². The Morgan fingerprint density at radius 3 is 3.09 bits per heavy atom. The van der Waals surface area contributed by atoms with Gasteiger partial charge in [0.1, 0.15) is 0 Å². The van der Waals surface area contributed by atoms with Crippen molar-refractivity contribution in [3.8, 4) is 5.88 Å². The number of nitrogens with zero attached hydrogens (tertiary/aromatic N) is 4. The van der Waals surface area contributed by atoms with Crippen LogP contribution in [0.4, 0.5) is 0 Å². The molecular formula is C14H18N4O4. The van der Waals surface area contributed by atoms with E-state index in [9.17, 15) is 4.79 Å². The number of methoxy groups -OCH3 is 2. The maximum absolute atomic E-state index is 12.8. The topological polar surface area (TPSA) is 82.6 Å². The normalized spacial score (nSPS) is 17.9. The van der Waals surface area contributed by atoms with E-state index in [0.29, 0.717) is 13.2 Å². The zero-order valence-corrected chi connectivity index (χ0v) is 12.6. The van der Waals surface area contributed by atoms with Crippen LogP contribution in [-0.2, 0) is 17.8 Å². The third-order valence-corrected chi connectivity index (χ3v) is 3.78. The Kier molecular flexibility index (Phi) is 4.10. The van der Waals surface area contributed by atoms with E-state index in [0.717, 1.165) is 18.7 Å². The molecular weight excluding hydrogens is 288 g/mol. The van der Waals surface area contributed by atoms with Gasteiger partial charge in [0.15, 0.2) is 0 Å². The molecule has 8 nitrogen and oxygen atoms in total. The summed E-state index contributed by atoms with van der Waals surface area (Å²) < 4.78 is 17.2. The van der Waals surface area contributed by atoms with Gasteiger partial charge in [-0.2, -0.15) is 5.10 Å². The van der Waals surface area contributed by atoms with Gasteiger partial charge in [-0.05, 0) is 17.6 Å². The molecule has 1 atom stereocenters. The standard InChI is InChI=1S/C14H18N4O4/c1-20-9-11-4-6-18-10(3-5-15-18)8-17(11)14(19)12-7-13(21-2)16-22-12/h3,5,7,11H,4,6,8-9H2,1-2H3/t11-/m0/s1. The van der Waals surface area contributed by atoms with E-state index in [4.69, 9.17) is 14.0 Å². The van der Waals surface area contributed by atoms with Gasteiger partial charge in [-0.3, -0.25) is 9.48 Å². The maximum atomic E-state index is 12.8. The number of carbonyl (C=O) groups is 1. The van der Waals surface area contributed by atoms with Gasteiger partial charge in [0.2, 0.25) is 5.76 Å². The monoisotopic (exact) mass is 306 g/mol. The quantitative estimate of drug-likeness (QED) is 0.836. The first kappa shape index (κ1) is 14.6. The molecule has 2 aromatic heterocycles. The summed E-state index contributed by atoms with van der Waals surface area (Å²) in [5.41, 5.74) is 0.985. The van der Waals surface area contributed by atoms with Gasteiger partial charge < -0.3 is 18.9 Å². The minimum Gasteiger partial charge on any atom is -0.479 e. The van der Waals surface area contributed by atoms with E-state index >= 15 is 0 Å². The molecule has 22 heavy (non-hydrogen) atoms. The van der Waals surface area contributed by atoms with E-state index < -0.39 is 0 Å². The van der Waals surface area contributed by atoms with Crippen molar-refractivity contribution in [3.63, 3.8) is 0 Å². The Morgan fingerprint density at radius 2 is 2.36 bits per heavy atom. The molecule has 8 heteroatoms. The summed E-state index contributed by atoms with van der Waals surface area (Å²) >= 11 is 0. The van der Waals surface area contributed by atoms with Crippen LogP contribution >= 0.6 is 0 Å². The van der Waals surface area contributed by atoms with Crippen molar-refractivity contribution in [2.45, 2.75) is 25.6 Å². The van der Waals surface area contributed by atoms with Crippen LogP contribution in [0, 0.1) is 0 Å². The SMILES string of the molecule is COC[C@@H]1CCn2nccc2CN1C(=O)c1cc(OC)no1. The molecule has 3 rings (SSSR count). The lowest BCUT2D eigenvalue weighted by atomic mass is 10.1. The first-order chi connectivity index (χ1) is 10.7. The number of hydrogen-bond donors (Lipinski definition) is 0. The molecule has 0 spiro atoms. The second-order valence-corrected chi connectivity index (χ2v) is 5.11. The van der Waals surface area contributed by atoms with Gasteiger partial charge in [-0.25, -0.2) is 0 Å². The zero-order valence-electron chi connectivity index (χ0n) is 12.6. The molecule has 0 N–H and O–H groups in total. The first-order valence-corrected chi connectivity index (χ1v) is 7.04. The summed E-state index contributed by atoms with van der Waals surface area (Å²) in [7, 11) is 3.11. The van der Waals surface area contributed by atoms with Crippen molar-refractivity contribution in [3.05, 3.63) is 29.8 Å². The van der Waals surface area contributed by atoms with Crippen LogP contribution in [0.5, 0.6) is 5.88 Å². The van der Waals surface area contributed by atoms with Crippen molar-refractivity contribution >= 4 is 5.91 Å². The number of amides is 1. The molecule has 3 heterocycles. The van der Waals surface area contributed by atoms with Crippen molar-refractivity contribution < 1.29 is 18.8 Å². The third-order valence-electron chi connectivity index (χ3n) is 3.78. The van der Waals surface area contributed by atoms with E-state index in [2.05, 4.69) is 10.3 Å². The summed E-state index contributed by atoms with van der Waals surface area (Å²) in [6.07, 6.45) is 2.51. The van der Waals surface area contributed by atoms with Gasteiger partial charge in [-0.15, -0.1) is 0 Å². The molecule has 0 radical (unpaired) electrons. The molecule has 0 aromatic carbocycles. The number of aryl methyl sites for hydroxylation is 1. The minimum absolute atomic E-state index is 0.0460. The lowest BCUT2D eigenvalue weighted by molar-refractivity contribution is 0.0466. The third kappa shape index (κ3) is 2.69. The van der Waals surface area contributed by atoms with E-state index in [1.165, 1.54) is 13.2 Å². The highest BCUT2D eigenvalue weighted by molar-refractivity contribution is 5.91. The molecule has 0 aliphatic carbocycles. The zero-order chi connectivity index (χ0) is 15.5. The highest BCUT2D eigenvalue weighted by Gasteiger charge is 2.31. The molecule has 2 aromatic rings. The molecule has 118 valence electrons. The minimum atomic E-state index is -0.229. The smallest absolute Gasteiger partial charge is 0.293 e. The van der Waals surface area contributed by atoms with Gasteiger partial charge in [0.25, 0.3) is 11.8 Å². The van der Waals surface area contributed by atoms with E-state index in [-0.39, 0.29) is 23.6 Å². The highest BCUT2D eigenvalue weighted by Crippen LogP contribution is 2.21. The van der Waals surface area contributed by atoms with Crippen LogP contribution in [0.2, 0.25) is 0 Å². The lowest BCUT2D eigenvalue weighted by Crippen LogP contribution is -2.41. The Hall–Kier alpha value is -2.35. The van der Waals surface area contributed by atoms with Gasteiger partial charge in [-0.1, -0.05) is 0 Å². The summed E-state index contributed by atoms with van der Waals surface area (Å²) in [5.74, 6) is 0.213. The molecule has 1 aliphatic rings. The second kappa shape index (κ2) is 6.18. The number of fused-ring (bicyclic) bond motifs is 1. The molecule has 0 bridgehead atoms. The van der Waals surface area contributed by atoms with Crippen molar-refractivity contribution in [1.29, 1.82) is 0 Å². The summed E-state index contributed by atoms with van der Waals surface area (Å²) in [6, 6.07) is 3.36. The Bertz CT molecular complexity index is 651. The van der Waals surface area contributed by atoms with E-state index in [1.54, 1.807) is 18.2 Å². The fourth-order valence-corrected chi connectivity index (χ4v) is 2.63. The van der Waals surface area contributed by atoms with Crippen LogP contribution in [0.3, 0.4) is 0 Å². The number of carbonyl (C=O) groups excluding carboxylic acids is 1. The number of ether oxygens (including phenoxy) is 2. The van der Waals surface area contributed by atoms with Crippen LogP contribution in [-0.4, -0.2) is 52.6 Å². The number of rotatable bonds is 4. The molecule has 0 fully saturated rings. The average molecular weight is 306 g/mol. The van der Waals surface area contributed by atoms with E-state index in [1.807, 2.05) is 10.7 Å². The van der Waals surface area contributed by atoms with Gasteiger partial charge in [0, 0.05) is 19.9 Å². The van der Waals surface area contributed by atoms with Gasteiger partial charge in [0.05, 0.1) is 38.1 Å². The number of hydrogen-bond acceptors (Lipinski definition) is 6. The summed E-state index contributed by atoms with van der Waals surface area (Å²) in [6.45, 7) is 1.66. The summed E-state index contributed by atoms with van der Waals surface area (Å²) in [5, 5.41) is 7.96. The number of aromatic nitrogens is 3. The predicted octanol–water partition coefficient (Wildman–Crippen LogP) is 0.941. The largest absolute Gasteiger partial charge is 0.479 e. The summed E-state index contributed by atoms with van der Waals surface area (Å²) in [4.78, 5) is 14.5. The predicted molar refractivity (Wildman–Crippen MR) is 75.4 cm³/mol. The molecule has 1 aliphatic heterocycles. The highest BCUT2D eigenvalue weighted by atomic mass is 16.5. The molecule has 0 unspecified atom stereocenters. The second-order valence-electron chi connectivity index (χ2n) is 5.11. The van der Waals surface area contributed by atoms with Crippen molar-refractivity contribution in [2.24, 2.45) is 0 Å². The van der Waals surface area contributed by atoms with Crippen LogP contribution in [0.15, 0.2) is 22.9 Å². The van der Waals surface area contributed by atoms with Crippen molar-refractivity contribution in [2.75, 3.05) is 20.8 Å². The first-order valence-electron chi connectivity index (χ1n) is 7.04. The average Bonchev–Trinajstić information content (AvgIpc) is 3.15. The molecule has 1 amide bonds. The molecule has 0 saturated carbocycles. The Balaban J connectivity index is 1.87.